The molecule has 1 saturated carbocycles. The SMILES string of the molecule is O=C(Nc1cccc(-c2ccc(S(=O)(=O)N3CCC[C@@H]3CO)cc2)n1)C1(c2ccc3c(c2)OCOC3)CC1.[HH]. The van der Waals surface area contributed by atoms with Crippen molar-refractivity contribution in [1.82, 2.24) is 9.29 Å². The van der Waals surface area contributed by atoms with Crippen LogP contribution in [0.1, 0.15) is 38.2 Å². The summed E-state index contributed by atoms with van der Waals surface area (Å²) in [5.41, 5.74) is 2.64. The highest BCUT2D eigenvalue weighted by Crippen LogP contribution is 2.50. The van der Waals surface area contributed by atoms with Crippen molar-refractivity contribution in [3.05, 3.63) is 71.8 Å². The molecular weight excluding hydrogens is 506 g/mol. The lowest BCUT2D eigenvalue weighted by Gasteiger charge is -2.22. The Labute approximate surface area is 223 Å². The van der Waals surface area contributed by atoms with Crippen LogP contribution in [0.15, 0.2) is 65.6 Å². The Kier molecular flexibility index (Phi) is 6.43. The largest absolute Gasteiger partial charge is 0.467 e. The number of hydrogen-bond donors (Lipinski definition) is 2. The van der Waals surface area contributed by atoms with Crippen molar-refractivity contribution < 1.29 is 29.2 Å². The minimum Gasteiger partial charge on any atom is -0.467 e. The molecule has 0 bridgehead atoms. The molecule has 2 aliphatic heterocycles. The van der Waals surface area contributed by atoms with E-state index in [4.69, 9.17) is 9.47 Å². The van der Waals surface area contributed by atoms with E-state index in [9.17, 15) is 18.3 Å². The average Bonchev–Trinajstić information content (AvgIpc) is 3.62. The first-order valence-electron chi connectivity index (χ1n) is 12.8. The van der Waals surface area contributed by atoms with Gasteiger partial charge in [0.25, 0.3) is 0 Å². The molecule has 10 heteroatoms. The minimum atomic E-state index is -3.68. The number of carbonyl (C=O) groups is 1. The molecule has 3 heterocycles. The van der Waals surface area contributed by atoms with Gasteiger partial charge in [-0.3, -0.25) is 4.79 Å². The molecule has 9 nitrogen and oxygen atoms in total. The Morgan fingerprint density at radius 1 is 1.16 bits per heavy atom. The number of anilines is 1. The number of amides is 1. The summed E-state index contributed by atoms with van der Waals surface area (Å²) in [6.45, 7) is 0.934. The van der Waals surface area contributed by atoms with Crippen molar-refractivity contribution in [2.45, 2.75) is 48.6 Å². The first kappa shape index (κ1) is 25.0. The summed E-state index contributed by atoms with van der Waals surface area (Å²) < 4.78 is 38.4. The molecule has 0 spiro atoms. The number of hydrogen-bond acceptors (Lipinski definition) is 7. The van der Waals surface area contributed by atoms with E-state index in [1.54, 1.807) is 30.3 Å². The third-order valence-electron chi connectivity index (χ3n) is 7.64. The lowest BCUT2D eigenvalue weighted by Crippen LogP contribution is -2.37. The Bertz CT molecular complexity index is 1480. The van der Waals surface area contributed by atoms with Crippen LogP contribution in [0.3, 0.4) is 0 Å². The standard InChI is InChI=1S/C28H29N3O6S.H2/c32-16-22-3-2-14-31(22)38(34,35)23-10-7-19(8-11-23)24-4-1-5-26(29-24)30-27(33)28(12-13-28)21-9-6-20-17-36-18-37-25(20)15-21;/h1,4-11,15,22,32H,2-3,12-14,16-18H2,(H,29,30,33);1H/t22-;/m1./s1. The monoisotopic (exact) mass is 537 g/mol. The first-order valence-corrected chi connectivity index (χ1v) is 14.2. The Morgan fingerprint density at radius 3 is 2.74 bits per heavy atom. The molecule has 1 aliphatic carbocycles. The second kappa shape index (κ2) is 9.77. The molecule has 6 rings (SSSR count). The van der Waals surface area contributed by atoms with E-state index in [-0.39, 0.29) is 31.7 Å². The molecule has 1 atom stereocenters. The Hall–Kier alpha value is -3.31. The van der Waals surface area contributed by atoms with Gasteiger partial charge in [0.2, 0.25) is 15.9 Å². The highest BCUT2D eigenvalue weighted by Gasteiger charge is 2.51. The molecule has 1 aromatic heterocycles. The van der Waals surface area contributed by atoms with Crippen LogP contribution in [0.4, 0.5) is 5.82 Å². The van der Waals surface area contributed by atoms with Crippen LogP contribution in [0, 0.1) is 0 Å². The van der Waals surface area contributed by atoms with E-state index in [1.165, 1.54) is 4.31 Å². The van der Waals surface area contributed by atoms with Gasteiger partial charge in [0, 0.05) is 25.1 Å². The average molecular weight is 538 g/mol. The van der Waals surface area contributed by atoms with E-state index < -0.39 is 15.4 Å². The number of rotatable bonds is 7. The molecule has 0 radical (unpaired) electrons. The van der Waals surface area contributed by atoms with E-state index in [0.717, 1.165) is 41.7 Å². The molecule has 3 aliphatic rings. The zero-order valence-electron chi connectivity index (χ0n) is 20.8. The number of sulfonamides is 1. The fraction of sp³-hybridized carbons (Fsp3) is 0.357. The number of aromatic nitrogens is 1. The smallest absolute Gasteiger partial charge is 0.243 e. The van der Waals surface area contributed by atoms with Gasteiger partial charge >= 0.3 is 0 Å². The van der Waals surface area contributed by atoms with Gasteiger partial charge in [0.05, 0.1) is 29.2 Å². The summed E-state index contributed by atoms with van der Waals surface area (Å²) >= 11 is 0. The number of ether oxygens (including phenoxy) is 2. The second-order valence-electron chi connectivity index (χ2n) is 10.00. The van der Waals surface area contributed by atoms with Crippen LogP contribution in [-0.2, 0) is 31.6 Å². The van der Waals surface area contributed by atoms with Crippen LogP contribution in [-0.4, -0.2) is 54.7 Å². The maximum atomic E-state index is 13.3. The third kappa shape index (κ3) is 4.47. The number of pyridine rings is 1. The zero-order chi connectivity index (χ0) is 26.3. The van der Waals surface area contributed by atoms with E-state index >= 15 is 0 Å². The fourth-order valence-electron chi connectivity index (χ4n) is 5.28. The van der Waals surface area contributed by atoms with Crippen LogP contribution >= 0.6 is 0 Å². The fourth-order valence-corrected chi connectivity index (χ4v) is 6.96. The molecule has 1 saturated heterocycles. The van der Waals surface area contributed by atoms with Gasteiger partial charge in [-0.1, -0.05) is 30.3 Å². The minimum absolute atomic E-state index is 0. The number of aliphatic hydroxyl groups excluding tert-OH is 1. The van der Waals surface area contributed by atoms with Crippen LogP contribution in [0.2, 0.25) is 0 Å². The highest BCUT2D eigenvalue weighted by molar-refractivity contribution is 7.89. The summed E-state index contributed by atoms with van der Waals surface area (Å²) in [6, 6.07) is 17.4. The van der Waals surface area contributed by atoms with Crippen molar-refractivity contribution in [1.29, 1.82) is 0 Å². The summed E-state index contributed by atoms with van der Waals surface area (Å²) in [6.07, 6.45) is 2.89. The molecule has 2 aromatic carbocycles. The zero-order valence-corrected chi connectivity index (χ0v) is 21.6. The van der Waals surface area contributed by atoms with Gasteiger partial charge in [-0.2, -0.15) is 4.31 Å². The summed E-state index contributed by atoms with van der Waals surface area (Å²) in [5.74, 6) is 1.08. The number of carbonyl (C=O) groups excluding carboxylic acids is 1. The molecule has 1 amide bonds. The molecular formula is C28H31N3O6S. The van der Waals surface area contributed by atoms with Crippen LogP contribution in [0.25, 0.3) is 11.3 Å². The lowest BCUT2D eigenvalue weighted by molar-refractivity contribution is -0.118. The number of nitrogens with one attached hydrogen (secondary N) is 1. The summed E-state index contributed by atoms with van der Waals surface area (Å²) in [4.78, 5) is 18.1. The van der Waals surface area contributed by atoms with E-state index in [0.29, 0.717) is 31.1 Å². The van der Waals surface area contributed by atoms with Gasteiger partial charge < -0.3 is 19.9 Å². The first-order chi connectivity index (χ1) is 18.4. The van der Waals surface area contributed by atoms with Crippen LogP contribution in [0.5, 0.6) is 5.75 Å². The number of nitrogens with zero attached hydrogens (tertiary/aromatic N) is 2. The lowest BCUT2D eigenvalue weighted by atomic mass is 9.93. The van der Waals surface area contributed by atoms with Gasteiger partial charge in [-0.25, -0.2) is 13.4 Å². The predicted molar refractivity (Wildman–Crippen MR) is 142 cm³/mol. The molecule has 200 valence electrons. The maximum Gasteiger partial charge on any atom is 0.243 e. The molecule has 3 aromatic rings. The number of aliphatic hydroxyl groups is 1. The number of benzene rings is 2. The van der Waals surface area contributed by atoms with Crippen molar-refractivity contribution in [2.75, 3.05) is 25.3 Å². The maximum absolute atomic E-state index is 13.3. The van der Waals surface area contributed by atoms with Gasteiger partial charge in [0.1, 0.15) is 11.6 Å². The van der Waals surface area contributed by atoms with Gasteiger partial charge in [-0.15, -0.1) is 0 Å². The molecule has 38 heavy (non-hydrogen) atoms. The third-order valence-corrected chi connectivity index (χ3v) is 9.61. The van der Waals surface area contributed by atoms with Crippen molar-refractivity contribution in [3.8, 4) is 17.0 Å². The second-order valence-corrected chi connectivity index (χ2v) is 11.9. The quantitative estimate of drug-likeness (QED) is 0.472. The molecule has 2 fully saturated rings. The van der Waals surface area contributed by atoms with Crippen LogP contribution < -0.4 is 10.1 Å². The topological polar surface area (TPSA) is 118 Å². The van der Waals surface area contributed by atoms with Gasteiger partial charge in [0.15, 0.2) is 6.79 Å². The summed E-state index contributed by atoms with van der Waals surface area (Å²) in [7, 11) is -3.68. The summed E-state index contributed by atoms with van der Waals surface area (Å²) in [5, 5.41) is 12.5. The van der Waals surface area contributed by atoms with Crippen molar-refractivity contribution in [3.63, 3.8) is 0 Å². The Balaban J connectivity index is 0.00000308. The van der Waals surface area contributed by atoms with Crippen molar-refractivity contribution >= 4 is 21.7 Å². The molecule has 2 N–H and O–H groups in total. The molecule has 0 unspecified atom stereocenters. The predicted octanol–water partition coefficient (Wildman–Crippen LogP) is 3.68. The normalized spacial score (nSPS) is 20.4. The van der Waals surface area contributed by atoms with Gasteiger partial charge in [-0.05, 0) is 61.6 Å². The highest BCUT2D eigenvalue weighted by atomic mass is 32.2. The van der Waals surface area contributed by atoms with E-state index in [1.807, 2.05) is 30.3 Å². The Morgan fingerprint density at radius 2 is 1.97 bits per heavy atom. The van der Waals surface area contributed by atoms with E-state index in [2.05, 4.69) is 10.3 Å². The van der Waals surface area contributed by atoms with Crippen molar-refractivity contribution in [2.24, 2.45) is 0 Å². The number of fused-ring (bicyclic) bond motifs is 1.